The van der Waals surface area contributed by atoms with Crippen molar-refractivity contribution in [3.05, 3.63) is 35.1 Å². The minimum Gasteiger partial charge on any atom is -0.349 e. The molecule has 0 spiro atoms. The van der Waals surface area contributed by atoms with Crippen molar-refractivity contribution >= 4 is 5.91 Å². The van der Waals surface area contributed by atoms with Gasteiger partial charge in [-0.3, -0.25) is 4.79 Å². The number of carbonyl (C=O) groups excluding carboxylic acids is 1. The molecule has 5 heteroatoms. The summed E-state index contributed by atoms with van der Waals surface area (Å²) in [4.78, 5) is 12.1. The highest BCUT2D eigenvalue weighted by atomic mass is 19.2. The van der Waals surface area contributed by atoms with E-state index in [0.29, 0.717) is 5.92 Å². The smallest absolute Gasteiger partial charge is 0.251 e. The number of carbonyl (C=O) groups is 1. The zero-order valence-electron chi connectivity index (χ0n) is 12.1. The largest absolute Gasteiger partial charge is 0.349 e. The van der Waals surface area contributed by atoms with Crippen LogP contribution in [0.3, 0.4) is 0 Å². The fourth-order valence-electron chi connectivity index (χ4n) is 3.03. The van der Waals surface area contributed by atoms with E-state index < -0.39 is 23.4 Å². The van der Waals surface area contributed by atoms with Crippen LogP contribution in [0.2, 0.25) is 0 Å². The highest BCUT2D eigenvalue weighted by Gasteiger charge is 2.24. The molecule has 2 nitrogen and oxygen atoms in total. The van der Waals surface area contributed by atoms with Crippen molar-refractivity contribution in [1.29, 1.82) is 0 Å². The van der Waals surface area contributed by atoms with E-state index >= 15 is 0 Å². The highest BCUT2D eigenvalue weighted by Crippen LogP contribution is 2.28. The Kier molecular flexibility index (Phi) is 5.26. The molecule has 0 saturated heterocycles. The van der Waals surface area contributed by atoms with Gasteiger partial charge < -0.3 is 5.32 Å². The number of hydrogen-bond acceptors (Lipinski definition) is 1. The van der Waals surface area contributed by atoms with Gasteiger partial charge in [-0.05, 0) is 37.3 Å². The molecule has 1 unspecified atom stereocenters. The van der Waals surface area contributed by atoms with Gasteiger partial charge in [0.1, 0.15) is 0 Å². The molecule has 0 heterocycles. The third-order valence-electron chi connectivity index (χ3n) is 4.22. The molecule has 1 atom stereocenters. The Morgan fingerprint density at radius 3 is 2.29 bits per heavy atom. The molecule has 1 aromatic rings. The van der Waals surface area contributed by atoms with Gasteiger partial charge in [0.15, 0.2) is 17.5 Å². The first-order chi connectivity index (χ1) is 10.0. The molecule has 1 amide bonds. The van der Waals surface area contributed by atoms with Crippen molar-refractivity contribution in [2.45, 2.75) is 51.5 Å². The normalized spacial score (nSPS) is 17.5. The third-order valence-corrected chi connectivity index (χ3v) is 4.22. The van der Waals surface area contributed by atoms with Gasteiger partial charge in [-0.2, -0.15) is 0 Å². The molecule has 1 saturated carbocycles. The zero-order valence-corrected chi connectivity index (χ0v) is 12.1. The summed E-state index contributed by atoms with van der Waals surface area (Å²) in [5.41, 5.74) is -0.180. The SMILES string of the molecule is CCC(NC(=O)c1cc(F)c(F)c(F)c1)C1CCCCC1. The van der Waals surface area contributed by atoms with Crippen LogP contribution in [0.5, 0.6) is 0 Å². The molecule has 1 N–H and O–H groups in total. The average molecular weight is 299 g/mol. The second-order valence-corrected chi connectivity index (χ2v) is 5.64. The summed E-state index contributed by atoms with van der Waals surface area (Å²) in [6.07, 6.45) is 6.40. The second kappa shape index (κ2) is 6.96. The first kappa shape index (κ1) is 15.9. The van der Waals surface area contributed by atoms with Crippen LogP contribution in [0.15, 0.2) is 12.1 Å². The Morgan fingerprint density at radius 1 is 1.19 bits per heavy atom. The van der Waals surface area contributed by atoms with Gasteiger partial charge in [0.25, 0.3) is 5.91 Å². The molecule has 116 valence electrons. The van der Waals surface area contributed by atoms with E-state index in [0.717, 1.165) is 44.2 Å². The first-order valence-electron chi connectivity index (χ1n) is 7.48. The Balaban J connectivity index is 2.08. The average Bonchev–Trinajstić information content (AvgIpc) is 2.50. The molecule has 21 heavy (non-hydrogen) atoms. The molecule has 0 aliphatic heterocycles. The molecular weight excluding hydrogens is 279 g/mol. The predicted molar refractivity (Wildman–Crippen MR) is 74.4 cm³/mol. The van der Waals surface area contributed by atoms with Gasteiger partial charge in [-0.25, -0.2) is 13.2 Å². The van der Waals surface area contributed by atoms with Crippen molar-refractivity contribution in [3.63, 3.8) is 0 Å². The third kappa shape index (κ3) is 3.77. The van der Waals surface area contributed by atoms with Crippen molar-refractivity contribution in [2.24, 2.45) is 5.92 Å². The number of hydrogen-bond donors (Lipinski definition) is 1. The second-order valence-electron chi connectivity index (χ2n) is 5.64. The highest BCUT2D eigenvalue weighted by molar-refractivity contribution is 5.94. The molecule has 0 bridgehead atoms. The lowest BCUT2D eigenvalue weighted by molar-refractivity contribution is 0.0910. The maximum atomic E-state index is 13.2. The molecule has 1 aliphatic rings. The van der Waals surface area contributed by atoms with Crippen LogP contribution in [0.25, 0.3) is 0 Å². The minimum absolute atomic E-state index is 0.00558. The van der Waals surface area contributed by atoms with Crippen LogP contribution in [0.1, 0.15) is 55.8 Å². The molecule has 0 radical (unpaired) electrons. The summed E-state index contributed by atoms with van der Waals surface area (Å²) < 4.78 is 39.3. The van der Waals surface area contributed by atoms with Gasteiger partial charge in [-0.15, -0.1) is 0 Å². The van der Waals surface area contributed by atoms with E-state index in [1.54, 1.807) is 0 Å². The molecule has 2 rings (SSSR count). The summed E-state index contributed by atoms with van der Waals surface area (Å²) in [7, 11) is 0. The van der Waals surface area contributed by atoms with E-state index in [1.807, 2.05) is 6.92 Å². The molecule has 0 aromatic heterocycles. The van der Waals surface area contributed by atoms with Crippen molar-refractivity contribution < 1.29 is 18.0 Å². The maximum Gasteiger partial charge on any atom is 0.251 e. The lowest BCUT2D eigenvalue weighted by Crippen LogP contribution is -2.40. The van der Waals surface area contributed by atoms with Crippen LogP contribution in [0.4, 0.5) is 13.2 Å². The maximum absolute atomic E-state index is 13.2. The van der Waals surface area contributed by atoms with Crippen LogP contribution < -0.4 is 5.32 Å². The van der Waals surface area contributed by atoms with Crippen LogP contribution in [0, 0.1) is 23.4 Å². The van der Waals surface area contributed by atoms with Crippen LogP contribution in [-0.4, -0.2) is 11.9 Å². The summed E-state index contributed by atoms with van der Waals surface area (Å²) >= 11 is 0. The lowest BCUT2D eigenvalue weighted by Gasteiger charge is -2.30. The van der Waals surface area contributed by atoms with Crippen molar-refractivity contribution in [2.75, 3.05) is 0 Å². The van der Waals surface area contributed by atoms with E-state index in [9.17, 15) is 18.0 Å². The molecular formula is C16H20F3NO. The fraction of sp³-hybridized carbons (Fsp3) is 0.562. The topological polar surface area (TPSA) is 29.1 Å². The number of halogens is 3. The monoisotopic (exact) mass is 299 g/mol. The number of rotatable bonds is 4. The quantitative estimate of drug-likeness (QED) is 0.830. The van der Waals surface area contributed by atoms with Crippen LogP contribution in [-0.2, 0) is 0 Å². The lowest BCUT2D eigenvalue weighted by atomic mass is 9.83. The predicted octanol–water partition coefficient (Wildman–Crippen LogP) is 4.19. The first-order valence-corrected chi connectivity index (χ1v) is 7.48. The summed E-state index contributed by atoms with van der Waals surface area (Å²) in [5, 5.41) is 2.83. The van der Waals surface area contributed by atoms with Gasteiger partial charge >= 0.3 is 0 Å². The van der Waals surface area contributed by atoms with Gasteiger partial charge in [0.2, 0.25) is 0 Å². The number of benzene rings is 1. The van der Waals surface area contributed by atoms with E-state index in [-0.39, 0.29) is 11.6 Å². The van der Waals surface area contributed by atoms with Gasteiger partial charge in [-0.1, -0.05) is 26.2 Å². The Hall–Kier alpha value is -1.52. The number of amides is 1. The summed E-state index contributed by atoms with van der Waals surface area (Å²) in [5.74, 6) is -4.38. The van der Waals surface area contributed by atoms with Crippen molar-refractivity contribution in [1.82, 2.24) is 5.32 Å². The van der Waals surface area contributed by atoms with Gasteiger partial charge in [0, 0.05) is 11.6 Å². The Morgan fingerprint density at radius 2 is 1.76 bits per heavy atom. The molecule has 1 aromatic carbocycles. The van der Waals surface area contributed by atoms with Gasteiger partial charge in [0.05, 0.1) is 0 Å². The fourth-order valence-corrected chi connectivity index (χ4v) is 3.03. The molecule has 1 aliphatic carbocycles. The van der Waals surface area contributed by atoms with E-state index in [4.69, 9.17) is 0 Å². The standard InChI is InChI=1S/C16H20F3NO/c1-2-14(10-6-4-3-5-7-10)20-16(21)11-8-12(17)15(19)13(18)9-11/h8-10,14H,2-7H2,1H3,(H,20,21). The Bertz CT molecular complexity index is 489. The minimum atomic E-state index is -1.55. The zero-order chi connectivity index (χ0) is 15.4. The van der Waals surface area contributed by atoms with E-state index in [1.165, 1.54) is 6.42 Å². The summed E-state index contributed by atoms with van der Waals surface area (Å²) in [6, 6.07) is 1.47. The van der Waals surface area contributed by atoms with Crippen LogP contribution >= 0.6 is 0 Å². The molecule has 1 fully saturated rings. The summed E-state index contributed by atoms with van der Waals surface area (Å²) in [6.45, 7) is 1.98. The number of nitrogens with one attached hydrogen (secondary N) is 1. The Labute approximate surface area is 122 Å². The van der Waals surface area contributed by atoms with Crippen molar-refractivity contribution in [3.8, 4) is 0 Å². The van der Waals surface area contributed by atoms with E-state index in [2.05, 4.69) is 5.32 Å².